The lowest BCUT2D eigenvalue weighted by Gasteiger charge is -2.41. The smallest absolute Gasteiger partial charge is 0.0126 e. The maximum absolute atomic E-state index is 3.39. The fourth-order valence-corrected chi connectivity index (χ4v) is 6.38. The second kappa shape index (κ2) is 18.0. The van der Waals surface area contributed by atoms with Crippen LogP contribution in [0.15, 0.2) is 0 Å². The van der Waals surface area contributed by atoms with Gasteiger partial charge < -0.3 is 20.4 Å². The topological polar surface area (TPSA) is 37.0 Å². The molecule has 0 amide bonds. The average Bonchev–Trinajstić information content (AvgIpc) is 2.89. The molecule has 252 valence electrons. The number of hydrogen-bond donors (Lipinski definition) is 2. The van der Waals surface area contributed by atoms with Crippen LogP contribution in [0.2, 0.25) is 0 Å². The molecule has 0 atom stereocenters. The molecule has 6 nitrogen and oxygen atoms in total. The molecule has 2 N–H and O–H groups in total. The van der Waals surface area contributed by atoms with E-state index in [0.717, 1.165) is 24.9 Å². The first-order valence-electron chi connectivity index (χ1n) is 17.5. The van der Waals surface area contributed by atoms with E-state index in [1.165, 1.54) is 91.1 Å². The number of nitrogens with zero attached hydrogens (tertiary/aromatic N) is 4. The summed E-state index contributed by atoms with van der Waals surface area (Å²) in [4.78, 5) is 9.89. The Labute approximate surface area is 265 Å². The van der Waals surface area contributed by atoms with Crippen LogP contribution in [0.5, 0.6) is 0 Å². The van der Waals surface area contributed by atoms with Crippen molar-refractivity contribution in [1.29, 1.82) is 0 Å². The summed E-state index contributed by atoms with van der Waals surface area (Å²) in [6, 6.07) is 0. The van der Waals surface area contributed by atoms with Gasteiger partial charge in [-0.2, -0.15) is 0 Å². The minimum absolute atomic E-state index is 0.362. The van der Waals surface area contributed by atoms with Crippen molar-refractivity contribution in [1.82, 2.24) is 30.2 Å². The Balaban J connectivity index is 0.000000280. The van der Waals surface area contributed by atoms with Gasteiger partial charge in [0.15, 0.2) is 0 Å². The first-order valence-corrected chi connectivity index (χ1v) is 17.5. The molecule has 0 aliphatic carbocycles. The maximum Gasteiger partial charge on any atom is 0.0126 e. The summed E-state index contributed by atoms with van der Waals surface area (Å²) in [6.45, 7) is 42.5. The van der Waals surface area contributed by atoms with Crippen LogP contribution < -0.4 is 10.6 Å². The average molecular weight is 595 g/mol. The SMILES string of the molecule is CC(C)(C)C1CCNCC1.CC(C)(C)N1CCNCC1.CN1CCC(C(C)(C)C)CC1.CN1CCN(C(C)(C)C)CC1. The first-order chi connectivity index (χ1) is 19.2. The molecule has 4 heterocycles. The Hall–Kier alpha value is -0.240. The minimum atomic E-state index is 0.362. The summed E-state index contributed by atoms with van der Waals surface area (Å²) < 4.78 is 0. The van der Waals surface area contributed by atoms with Gasteiger partial charge in [-0.25, -0.2) is 0 Å². The van der Waals surface area contributed by atoms with Crippen LogP contribution in [0.4, 0.5) is 0 Å². The van der Waals surface area contributed by atoms with Gasteiger partial charge in [0.2, 0.25) is 0 Å². The van der Waals surface area contributed by atoms with E-state index in [2.05, 4.69) is 127 Å². The third kappa shape index (κ3) is 16.7. The molecule has 4 aliphatic heterocycles. The van der Waals surface area contributed by atoms with Gasteiger partial charge in [0, 0.05) is 63.4 Å². The predicted molar refractivity (Wildman–Crippen MR) is 188 cm³/mol. The van der Waals surface area contributed by atoms with E-state index in [9.17, 15) is 0 Å². The Morgan fingerprint density at radius 1 is 0.405 bits per heavy atom. The standard InChI is InChI=1S/C10H21N.C9H20N2.C9H19N.C8H18N2/c1-10(2,3)9-5-7-11(4)8-6-9;1-9(2,3)11-7-5-10(4)6-8-11;1-9(2,3)8-4-6-10-7-5-8;1-8(2,3)10-6-4-9-5-7-10/h9H,5-8H2,1-4H3;5-8H2,1-4H3;8,10H,4-7H2,1-3H3;9H,4-7H2,1-3H3. The number of hydrogen-bond acceptors (Lipinski definition) is 6. The molecular weight excluding hydrogens is 516 g/mol. The molecule has 0 bridgehead atoms. The molecular formula is C36H78N6. The number of likely N-dealkylation sites (tertiary alicyclic amines) is 1. The van der Waals surface area contributed by atoms with Crippen molar-refractivity contribution in [3.05, 3.63) is 0 Å². The Bertz CT molecular complexity index is 608. The fourth-order valence-electron chi connectivity index (χ4n) is 6.38. The highest BCUT2D eigenvalue weighted by Gasteiger charge is 2.28. The third-order valence-electron chi connectivity index (χ3n) is 10.0. The van der Waals surface area contributed by atoms with E-state index in [1.54, 1.807) is 0 Å². The zero-order chi connectivity index (χ0) is 32.2. The lowest BCUT2D eigenvalue weighted by molar-refractivity contribution is 0.0735. The summed E-state index contributed by atoms with van der Waals surface area (Å²) in [6.07, 6.45) is 5.51. The van der Waals surface area contributed by atoms with Crippen LogP contribution in [0, 0.1) is 22.7 Å². The largest absolute Gasteiger partial charge is 0.317 e. The van der Waals surface area contributed by atoms with Gasteiger partial charge in [0.25, 0.3) is 0 Å². The van der Waals surface area contributed by atoms with Gasteiger partial charge in [0.05, 0.1) is 0 Å². The van der Waals surface area contributed by atoms with Gasteiger partial charge in [-0.1, -0.05) is 41.5 Å². The normalized spacial score (nSPS) is 23.6. The molecule has 4 rings (SSSR count). The molecule has 4 aliphatic rings. The van der Waals surface area contributed by atoms with Crippen LogP contribution in [0.3, 0.4) is 0 Å². The molecule has 6 heteroatoms. The lowest BCUT2D eigenvalue weighted by atomic mass is 9.75. The summed E-state index contributed by atoms with van der Waals surface area (Å²) in [7, 11) is 4.42. The number of piperazine rings is 2. The van der Waals surface area contributed by atoms with Crippen LogP contribution >= 0.6 is 0 Å². The van der Waals surface area contributed by atoms with Crippen molar-refractivity contribution in [2.75, 3.05) is 92.6 Å². The number of nitrogens with one attached hydrogen (secondary N) is 2. The Kier molecular flexibility index (Phi) is 17.1. The fraction of sp³-hybridized carbons (Fsp3) is 1.00. The van der Waals surface area contributed by atoms with E-state index >= 15 is 0 Å². The summed E-state index contributed by atoms with van der Waals surface area (Å²) in [5, 5.41) is 6.73. The van der Waals surface area contributed by atoms with Crippen molar-refractivity contribution < 1.29 is 0 Å². The van der Waals surface area contributed by atoms with E-state index in [4.69, 9.17) is 0 Å². The van der Waals surface area contributed by atoms with Crippen LogP contribution in [0.1, 0.15) is 109 Å². The Morgan fingerprint density at radius 3 is 1.07 bits per heavy atom. The van der Waals surface area contributed by atoms with Gasteiger partial charge in [-0.3, -0.25) is 9.80 Å². The third-order valence-corrected chi connectivity index (χ3v) is 10.0. The van der Waals surface area contributed by atoms with Crippen molar-refractivity contribution in [2.45, 2.75) is 120 Å². The van der Waals surface area contributed by atoms with Crippen LogP contribution in [-0.2, 0) is 0 Å². The molecule has 42 heavy (non-hydrogen) atoms. The summed E-state index contributed by atoms with van der Waals surface area (Å²) in [5.74, 6) is 1.88. The summed E-state index contributed by atoms with van der Waals surface area (Å²) in [5.41, 5.74) is 1.78. The van der Waals surface area contributed by atoms with E-state index in [1.807, 2.05) is 0 Å². The van der Waals surface area contributed by atoms with E-state index in [0.29, 0.717) is 21.9 Å². The molecule has 4 fully saturated rings. The highest BCUT2D eigenvalue weighted by molar-refractivity contribution is 4.82. The number of rotatable bonds is 0. The molecule has 0 unspecified atom stereocenters. The van der Waals surface area contributed by atoms with Gasteiger partial charge >= 0.3 is 0 Å². The highest BCUT2D eigenvalue weighted by Crippen LogP contribution is 2.34. The van der Waals surface area contributed by atoms with Crippen molar-refractivity contribution in [3.8, 4) is 0 Å². The van der Waals surface area contributed by atoms with E-state index < -0.39 is 0 Å². The van der Waals surface area contributed by atoms with Gasteiger partial charge in [-0.15, -0.1) is 0 Å². The second-order valence-corrected chi connectivity index (χ2v) is 17.7. The quantitative estimate of drug-likeness (QED) is 0.352. The Morgan fingerprint density at radius 2 is 0.738 bits per heavy atom. The monoisotopic (exact) mass is 595 g/mol. The zero-order valence-corrected chi connectivity index (χ0v) is 31.3. The van der Waals surface area contributed by atoms with Gasteiger partial charge in [0.1, 0.15) is 0 Å². The van der Waals surface area contributed by atoms with Crippen molar-refractivity contribution in [3.63, 3.8) is 0 Å². The maximum atomic E-state index is 3.39. The molecule has 0 aromatic carbocycles. The second-order valence-electron chi connectivity index (χ2n) is 17.7. The first kappa shape index (κ1) is 39.8. The molecule has 4 saturated heterocycles. The number of likely N-dealkylation sites (N-methyl/N-ethyl adjacent to an activating group) is 1. The molecule has 0 radical (unpaired) electrons. The minimum Gasteiger partial charge on any atom is -0.317 e. The number of piperidine rings is 2. The predicted octanol–water partition coefficient (Wildman–Crippen LogP) is 6.13. The molecule has 0 saturated carbocycles. The van der Waals surface area contributed by atoms with E-state index in [-0.39, 0.29) is 0 Å². The van der Waals surface area contributed by atoms with Crippen LogP contribution in [-0.4, -0.2) is 123 Å². The molecule has 0 aromatic heterocycles. The molecule has 0 aromatic rings. The van der Waals surface area contributed by atoms with Crippen LogP contribution in [0.25, 0.3) is 0 Å². The molecule has 0 spiro atoms. The van der Waals surface area contributed by atoms with Crippen molar-refractivity contribution >= 4 is 0 Å². The highest BCUT2D eigenvalue weighted by atomic mass is 15.3. The summed E-state index contributed by atoms with van der Waals surface area (Å²) >= 11 is 0. The van der Waals surface area contributed by atoms with Gasteiger partial charge in [-0.05, 0) is 130 Å². The van der Waals surface area contributed by atoms with Crippen molar-refractivity contribution in [2.24, 2.45) is 22.7 Å². The lowest BCUT2D eigenvalue weighted by Crippen LogP contribution is -2.52. The zero-order valence-electron chi connectivity index (χ0n) is 31.3.